The third-order valence-electron chi connectivity index (χ3n) is 4.29. The number of anilines is 1. The molecule has 0 saturated carbocycles. The van der Waals surface area contributed by atoms with Gasteiger partial charge in [-0.2, -0.15) is 13.6 Å². The van der Waals surface area contributed by atoms with E-state index in [2.05, 4.69) is 28.1 Å². The first-order valence-corrected chi connectivity index (χ1v) is 13.0. The Morgan fingerprint density at radius 3 is 2.45 bits per heavy atom. The van der Waals surface area contributed by atoms with Crippen LogP contribution < -0.4 is 11.3 Å². The average molecular weight is 537 g/mol. The number of aromatic nitrogens is 4. The van der Waals surface area contributed by atoms with Crippen LogP contribution in [0.4, 0.5) is 5.95 Å². The maximum atomic E-state index is 11.9. The normalized spacial score (nSPS) is 29.7. The highest BCUT2D eigenvalue weighted by atomic mass is 31.3. The summed E-state index contributed by atoms with van der Waals surface area (Å²) in [5.74, 6) is -0.280. The first-order chi connectivity index (χ1) is 14.9. The van der Waals surface area contributed by atoms with Gasteiger partial charge >= 0.3 is 23.5 Å². The van der Waals surface area contributed by atoms with Gasteiger partial charge in [0.1, 0.15) is 17.8 Å². The summed E-state index contributed by atoms with van der Waals surface area (Å²) in [4.78, 5) is 57.7. The Morgan fingerprint density at radius 2 is 1.85 bits per heavy atom. The second-order valence-corrected chi connectivity index (χ2v) is 11.3. The molecule has 3 heterocycles. The number of aromatic amines is 1. The van der Waals surface area contributed by atoms with Gasteiger partial charge in [-0.05, 0) is 6.92 Å². The van der Waals surface area contributed by atoms with E-state index in [1.165, 1.54) is 0 Å². The molecule has 2 aromatic heterocycles. The van der Waals surface area contributed by atoms with E-state index in [-0.39, 0.29) is 17.1 Å². The van der Waals surface area contributed by atoms with E-state index in [4.69, 9.17) is 20.3 Å². The summed E-state index contributed by atoms with van der Waals surface area (Å²) in [6, 6.07) is 0. The number of nitrogens with zero attached hydrogens (tertiary/aromatic N) is 3. The Kier molecular flexibility index (Phi) is 6.78. The number of aliphatic hydroxyl groups is 2. The lowest BCUT2D eigenvalue weighted by atomic mass is 9.99. The van der Waals surface area contributed by atoms with Crippen LogP contribution >= 0.6 is 23.5 Å². The molecule has 186 valence electrons. The van der Waals surface area contributed by atoms with Gasteiger partial charge in [0.05, 0.1) is 12.9 Å². The van der Waals surface area contributed by atoms with Crippen molar-refractivity contribution in [3.05, 3.63) is 16.7 Å². The van der Waals surface area contributed by atoms with E-state index >= 15 is 0 Å². The van der Waals surface area contributed by atoms with Crippen molar-refractivity contribution in [1.29, 1.82) is 0 Å². The van der Waals surface area contributed by atoms with Crippen LogP contribution in [0.15, 0.2) is 11.1 Å². The van der Waals surface area contributed by atoms with Gasteiger partial charge in [-0.25, -0.2) is 18.7 Å². The number of hydrogen-bond donors (Lipinski definition) is 8. The predicted octanol–water partition coefficient (Wildman–Crippen LogP) is -1.95. The number of phosphoric acid groups is 3. The molecule has 0 aliphatic carbocycles. The highest BCUT2D eigenvalue weighted by Crippen LogP contribution is 2.66. The minimum absolute atomic E-state index is 0.121. The zero-order valence-corrected chi connectivity index (χ0v) is 18.9. The van der Waals surface area contributed by atoms with Gasteiger partial charge in [-0.3, -0.25) is 18.9 Å². The summed E-state index contributed by atoms with van der Waals surface area (Å²) >= 11 is 0. The SMILES string of the molecule is C[C@]1(COP(=O)(O)OP(=O)(O)OP(=O)(O)O)O[C@@H](n2cnc3c(=O)[nH]c(N)nc32)[C@@H](O)C1O. The van der Waals surface area contributed by atoms with Gasteiger partial charge in [-0.15, -0.1) is 0 Å². The third kappa shape index (κ3) is 5.75. The lowest BCUT2D eigenvalue weighted by molar-refractivity contribution is -0.113. The van der Waals surface area contributed by atoms with Crippen LogP contribution in [0.3, 0.4) is 0 Å². The van der Waals surface area contributed by atoms with E-state index in [1.54, 1.807) is 0 Å². The van der Waals surface area contributed by atoms with Crippen molar-refractivity contribution in [1.82, 2.24) is 19.5 Å². The van der Waals surface area contributed by atoms with Gasteiger partial charge in [0.25, 0.3) is 5.56 Å². The smallest absolute Gasteiger partial charge is 0.387 e. The fourth-order valence-corrected chi connectivity index (χ4v) is 6.03. The van der Waals surface area contributed by atoms with Crippen LogP contribution in [0.25, 0.3) is 11.2 Å². The third-order valence-corrected chi connectivity index (χ3v) is 8.07. The average Bonchev–Trinajstić information content (AvgIpc) is 3.12. The van der Waals surface area contributed by atoms with Crippen LogP contribution in [-0.2, 0) is 31.6 Å². The number of nitrogens with one attached hydrogen (secondary N) is 1. The number of nitrogens with two attached hydrogens (primary N) is 1. The Labute approximate surface area is 182 Å². The number of H-pyrrole nitrogens is 1. The van der Waals surface area contributed by atoms with Crippen molar-refractivity contribution in [3.8, 4) is 0 Å². The molecule has 0 spiro atoms. The van der Waals surface area contributed by atoms with Gasteiger partial charge in [0.2, 0.25) is 5.95 Å². The number of ether oxygens (including phenoxy) is 1. The molecule has 9 N–H and O–H groups in total. The number of hydrogen-bond acceptors (Lipinski definition) is 13. The minimum atomic E-state index is -5.75. The quantitative estimate of drug-likeness (QED) is 0.170. The molecule has 19 nitrogen and oxygen atoms in total. The summed E-state index contributed by atoms with van der Waals surface area (Å²) in [6.07, 6.45) is -3.92. The monoisotopic (exact) mass is 537 g/mol. The number of imidazole rings is 1. The molecule has 6 atom stereocenters. The van der Waals surface area contributed by atoms with Crippen molar-refractivity contribution in [2.24, 2.45) is 0 Å². The molecule has 1 fully saturated rings. The van der Waals surface area contributed by atoms with Crippen molar-refractivity contribution >= 4 is 40.6 Å². The zero-order chi connectivity index (χ0) is 25.0. The molecule has 2 aromatic rings. The van der Waals surface area contributed by atoms with Crippen LogP contribution in [0.5, 0.6) is 0 Å². The second kappa shape index (κ2) is 8.58. The lowest BCUT2D eigenvalue weighted by Crippen LogP contribution is -2.44. The molecule has 1 aliphatic heterocycles. The Hall–Kier alpha value is -1.56. The molecule has 3 unspecified atom stereocenters. The van der Waals surface area contributed by atoms with Crippen molar-refractivity contribution < 1.29 is 61.4 Å². The van der Waals surface area contributed by atoms with Gasteiger partial charge in [0.15, 0.2) is 17.4 Å². The Bertz CT molecular complexity index is 1260. The van der Waals surface area contributed by atoms with Gasteiger partial charge < -0.3 is 40.3 Å². The fourth-order valence-electron chi connectivity index (χ4n) is 2.92. The van der Waals surface area contributed by atoms with Crippen molar-refractivity contribution in [3.63, 3.8) is 0 Å². The van der Waals surface area contributed by atoms with E-state index in [1.807, 2.05) is 0 Å². The molecule has 3 rings (SSSR count). The number of fused-ring (bicyclic) bond motifs is 1. The number of nitrogen functional groups attached to an aromatic ring is 1. The van der Waals surface area contributed by atoms with E-state index in [0.717, 1.165) is 17.8 Å². The molecule has 0 aromatic carbocycles. The molecule has 0 bridgehead atoms. The summed E-state index contributed by atoms with van der Waals surface area (Å²) in [5.41, 5.74) is 2.55. The van der Waals surface area contributed by atoms with Crippen molar-refractivity contribution in [2.75, 3.05) is 12.3 Å². The molecule has 22 heteroatoms. The number of phosphoric ester groups is 1. The van der Waals surface area contributed by atoms with Crippen LogP contribution in [-0.4, -0.2) is 73.7 Å². The largest absolute Gasteiger partial charge is 0.490 e. The zero-order valence-electron chi connectivity index (χ0n) is 16.2. The summed E-state index contributed by atoms with van der Waals surface area (Å²) in [5, 5.41) is 20.8. The maximum Gasteiger partial charge on any atom is 0.490 e. The van der Waals surface area contributed by atoms with Crippen LogP contribution in [0.1, 0.15) is 13.2 Å². The van der Waals surface area contributed by atoms with Crippen molar-refractivity contribution in [2.45, 2.75) is 31.0 Å². The first kappa shape index (κ1) is 26.1. The van der Waals surface area contributed by atoms with Crippen LogP contribution in [0.2, 0.25) is 0 Å². The molecule has 0 radical (unpaired) electrons. The van der Waals surface area contributed by atoms with E-state index < -0.39 is 59.7 Å². The predicted molar refractivity (Wildman–Crippen MR) is 103 cm³/mol. The summed E-state index contributed by atoms with van der Waals surface area (Å²) in [6.45, 7) is 0.0769. The highest BCUT2D eigenvalue weighted by Gasteiger charge is 2.54. The molecular weight excluding hydrogens is 519 g/mol. The number of rotatable bonds is 8. The first-order valence-electron chi connectivity index (χ1n) is 8.48. The topological polar surface area (TPSA) is 299 Å². The number of aliphatic hydroxyl groups excluding tert-OH is 2. The summed E-state index contributed by atoms with van der Waals surface area (Å²) in [7, 11) is -16.9. The van der Waals surface area contributed by atoms with E-state index in [0.29, 0.717) is 0 Å². The van der Waals surface area contributed by atoms with E-state index in [9.17, 15) is 38.5 Å². The summed E-state index contributed by atoms with van der Waals surface area (Å²) < 4.78 is 52.3. The molecule has 1 saturated heterocycles. The van der Waals surface area contributed by atoms with Gasteiger partial charge in [-0.1, -0.05) is 0 Å². The maximum absolute atomic E-state index is 11.9. The van der Waals surface area contributed by atoms with Gasteiger partial charge in [0, 0.05) is 0 Å². The minimum Gasteiger partial charge on any atom is -0.387 e. The van der Waals surface area contributed by atoms with Crippen LogP contribution in [0, 0.1) is 0 Å². The molecular formula is C11H18N5O14P3. The fraction of sp³-hybridized carbons (Fsp3) is 0.545. The second-order valence-electron chi connectivity index (χ2n) is 6.90. The highest BCUT2D eigenvalue weighted by molar-refractivity contribution is 7.66. The molecule has 33 heavy (non-hydrogen) atoms. The standard InChI is InChI=1S/C11H18N5O14P3/c1-11(2-27-32(23,24)30-33(25,26)29-31(20,21)22)6(18)5(17)9(28-11)16-3-13-4-7(16)14-10(12)15-8(4)19/h3,5-6,9,17-18H,2H2,1H3,(H,23,24)(H,25,26)(H2,20,21,22)(H3,12,14,15,19)/t5-,6?,9+,11+/m0/s1. The Morgan fingerprint density at radius 1 is 1.21 bits per heavy atom. The Balaban J connectivity index is 1.79. The lowest BCUT2D eigenvalue weighted by Gasteiger charge is -2.28. The molecule has 0 amide bonds. The molecule has 1 aliphatic rings.